The molecule has 0 fully saturated rings. The molecular weight excluding hydrogens is 236 g/mol. The number of nitrogens with two attached hydrogens (primary N) is 1. The van der Waals surface area contributed by atoms with Crippen LogP contribution in [0, 0.1) is 0 Å². The average molecular weight is 254 g/mol. The Balaban J connectivity index is 3.06. The summed E-state index contributed by atoms with van der Waals surface area (Å²) < 4.78 is 2.58. The normalized spacial score (nSPS) is 12.3. The summed E-state index contributed by atoms with van der Waals surface area (Å²) in [6.07, 6.45) is 3.10. The van der Waals surface area contributed by atoms with Crippen molar-refractivity contribution in [1.82, 2.24) is 14.3 Å². The lowest BCUT2D eigenvalue weighted by Gasteiger charge is -2.04. The number of hydrogen-bond donors (Lipinski definition) is 2. The zero-order valence-corrected chi connectivity index (χ0v) is 10.4. The second-order valence-corrected chi connectivity index (χ2v) is 3.97. The molecule has 0 aliphatic heterocycles. The highest BCUT2D eigenvalue weighted by atomic mass is 16.4. The molecule has 1 aromatic rings. The van der Waals surface area contributed by atoms with Crippen LogP contribution < -0.4 is 11.4 Å². The maximum absolute atomic E-state index is 12.0. The number of nitrogens with zero attached hydrogens (tertiary/aromatic N) is 3. The lowest BCUT2D eigenvalue weighted by atomic mass is 10.3. The largest absolute Gasteiger partial charge is 0.480 e. The minimum atomic E-state index is -1.16. The zero-order valence-electron chi connectivity index (χ0n) is 10.4. The van der Waals surface area contributed by atoms with Crippen molar-refractivity contribution in [2.75, 3.05) is 0 Å². The Morgan fingerprint density at radius 1 is 1.67 bits per heavy atom. The molecule has 3 N–H and O–H groups in total. The number of aromatic nitrogens is 3. The third kappa shape index (κ3) is 3.07. The lowest BCUT2D eigenvalue weighted by Crippen LogP contribution is -2.38. The molecule has 0 radical (unpaired) electrons. The molecule has 0 spiro atoms. The first-order chi connectivity index (χ1) is 8.51. The van der Waals surface area contributed by atoms with Gasteiger partial charge < -0.3 is 10.8 Å². The van der Waals surface area contributed by atoms with Gasteiger partial charge in [-0.3, -0.25) is 9.36 Å². The Morgan fingerprint density at radius 2 is 2.33 bits per heavy atom. The molecule has 1 atom stereocenters. The van der Waals surface area contributed by atoms with E-state index in [-0.39, 0.29) is 12.2 Å². The standard InChI is InChI=1S/C11H18N4O3/c1-3-5-9-13-15(7-8(12)10(16)17)11(18)14(9)6-4-2/h4,8H,2-3,5-7,12H2,1H3,(H,16,17)/t8-/m1/s1. The van der Waals surface area contributed by atoms with E-state index in [0.717, 1.165) is 11.1 Å². The van der Waals surface area contributed by atoms with Crippen LogP contribution in [0.4, 0.5) is 0 Å². The van der Waals surface area contributed by atoms with Gasteiger partial charge in [-0.2, -0.15) is 5.10 Å². The molecule has 0 saturated carbocycles. The Kier molecular flexibility index (Phi) is 4.85. The first kappa shape index (κ1) is 14.2. The van der Waals surface area contributed by atoms with Crippen molar-refractivity contribution in [3.8, 4) is 0 Å². The number of aliphatic carboxylic acids is 1. The Bertz CT molecular complexity index is 489. The molecule has 0 saturated heterocycles. The van der Waals surface area contributed by atoms with E-state index in [0.29, 0.717) is 18.8 Å². The quantitative estimate of drug-likeness (QED) is 0.644. The fraction of sp³-hybridized carbons (Fsp3) is 0.545. The van der Waals surface area contributed by atoms with E-state index in [1.165, 1.54) is 4.57 Å². The number of aryl methyl sites for hydroxylation is 1. The first-order valence-electron chi connectivity index (χ1n) is 5.77. The predicted octanol–water partition coefficient (Wildman–Crippen LogP) is -0.405. The van der Waals surface area contributed by atoms with Crippen LogP contribution in [0.25, 0.3) is 0 Å². The van der Waals surface area contributed by atoms with Crippen molar-refractivity contribution in [2.45, 2.75) is 38.9 Å². The monoisotopic (exact) mass is 254 g/mol. The molecule has 0 unspecified atom stereocenters. The molecule has 1 heterocycles. The van der Waals surface area contributed by atoms with Crippen LogP contribution in [0.1, 0.15) is 19.2 Å². The Labute approximate surface area is 105 Å². The molecular formula is C11H18N4O3. The highest BCUT2D eigenvalue weighted by Crippen LogP contribution is 1.99. The van der Waals surface area contributed by atoms with Gasteiger partial charge in [0, 0.05) is 13.0 Å². The second kappa shape index (κ2) is 6.15. The fourth-order valence-electron chi connectivity index (χ4n) is 1.59. The first-order valence-corrected chi connectivity index (χ1v) is 5.77. The summed E-state index contributed by atoms with van der Waals surface area (Å²) in [6, 6.07) is -1.13. The molecule has 0 amide bonds. The van der Waals surface area contributed by atoms with Crippen molar-refractivity contribution < 1.29 is 9.90 Å². The van der Waals surface area contributed by atoms with E-state index >= 15 is 0 Å². The summed E-state index contributed by atoms with van der Waals surface area (Å²) in [5.74, 6) is -0.530. The molecule has 7 nitrogen and oxygen atoms in total. The Hall–Kier alpha value is -1.89. The van der Waals surface area contributed by atoms with Crippen molar-refractivity contribution in [2.24, 2.45) is 5.73 Å². The molecule has 1 rings (SSSR count). The summed E-state index contributed by atoms with van der Waals surface area (Å²) in [4.78, 5) is 22.6. The van der Waals surface area contributed by atoms with Crippen LogP contribution in [-0.4, -0.2) is 31.5 Å². The van der Waals surface area contributed by atoms with Crippen LogP contribution >= 0.6 is 0 Å². The number of carboxylic acids is 1. The summed E-state index contributed by atoms with van der Waals surface area (Å²) in [7, 11) is 0. The minimum Gasteiger partial charge on any atom is -0.480 e. The third-order valence-electron chi connectivity index (χ3n) is 2.47. The predicted molar refractivity (Wildman–Crippen MR) is 66.3 cm³/mol. The number of rotatable bonds is 7. The number of hydrogen-bond acceptors (Lipinski definition) is 4. The highest BCUT2D eigenvalue weighted by molar-refractivity contribution is 5.72. The average Bonchev–Trinajstić information content (AvgIpc) is 2.59. The van der Waals surface area contributed by atoms with Crippen LogP contribution in [0.3, 0.4) is 0 Å². The van der Waals surface area contributed by atoms with Crippen LogP contribution in [-0.2, 0) is 24.3 Å². The van der Waals surface area contributed by atoms with Gasteiger partial charge in [-0.15, -0.1) is 6.58 Å². The van der Waals surface area contributed by atoms with Crippen molar-refractivity contribution in [3.63, 3.8) is 0 Å². The van der Waals surface area contributed by atoms with E-state index in [1.807, 2.05) is 6.92 Å². The molecule has 18 heavy (non-hydrogen) atoms. The summed E-state index contributed by atoms with van der Waals surface area (Å²) >= 11 is 0. The summed E-state index contributed by atoms with van der Waals surface area (Å²) in [6.45, 7) is 5.79. The third-order valence-corrected chi connectivity index (χ3v) is 2.47. The zero-order chi connectivity index (χ0) is 13.7. The van der Waals surface area contributed by atoms with E-state index < -0.39 is 12.0 Å². The second-order valence-electron chi connectivity index (χ2n) is 3.97. The topological polar surface area (TPSA) is 103 Å². The van der Waals surface area contributed by atoms with E-state index in [2.05, 4.69) is 11.7 Å². The Morgan fingerprint density at radius 3 is 2.83 bits per heavy atom. The lowest BCUT2D eigenvalue weighted by molar-refractivity contribution is -0.138. The highest BCUT2D eigenvalue weighted by Gasteiger charge is 2.17. The van der Waals surface area contributed by atoms with Crippen molar-refractivity contribution in [1.29, 1.82) is 0 Å². The van der Waals surface area contributed by atoms with Crippen molar-refractivity contribution >= 4 is 5.97 Å². The van der Waals surface area contributed by atoms with Gasteiger partial charge in [-0.25, -0.2) is 9.48 Å². The van der Waals surface area contributed by atoms with Crippen LogP contribution in [0.15, 0.2) is 17.4 Å². The fourth-order valence-corrected chi connectivity index (χ4v) is 1.59. The van der Waals surface area contributed by atoms with E-state index in [1.54, 1.807) is 6.08 Å². The number of carboxylic acid groups (broad SMARTS) is 1. The van der Waals surface area contributed by atoms with E-state index in [4.69, 9.17) is 10.8 Å². The molecule has 0 aliphatic carbocycles. The minimum absolute atomic E-state index is 0.130. The van der Waals surface area contributed by atoms with Gasteiger partial charge in [-0.1, -0.05) is 13.0 Å². The molecule has 7 heteroatoms. The van der Waals surface area contributed by atoms with Crippen molar-refractivity contribution in [3.05, 3.63) is 29.0 Å². The van der Waals surface area contributed by atoms with Gasteiger partial charge >= 0.3 is 11.7 Å². The SMILES string of the molecule is C=CCn1c(CCC)nn(C[C@@H](N)C(=O)O)c1=O. The maximum Gasteiger partial charge on any atom is 0.346 e. The summed E-state index contributed by atoms with van der Waals surface area (Å²) in [5.41, 5.74) is 5.04. The van der Waals surface area contributed by atoms with Gasteiger partial charge in [-0.05, 0) is 6.42 Å². The van der Waals surface area contributed by atoms with Gasteiger partial charge in [0.1, 0.15) is 11.9 Å². The van der Waals surface area contributed by atoms with E-state index in [9.17, 15) is 9.59 Å². The van der Waals surface area contributed by atoms with Gasteiger partial charge in [0.2, 0.25) is 0 Å². The maximum atomic E-state index is 12.0. The summed E-state index contributed by atoms with van der Waals surface area (Å²) in [5, 5.41) is 12.8. The van der Waals surface area contributed by atoms with Gasteiger partial charge in [0.15, 0.2) is 0 Å². The van der Waals surface area contributed by atoms with Gasteiger partial charge in [0.05, 0.1) is 6.54 Å². The smallest absolute Gasteiger partial charge is 0.346 e. The number of carbonyl (C=O) groups is 1. The van der Waals surface area contributed by atoms with Crippen LogP contribution in [0.5, 0.6) is 0 Å². The number of allylic oxidation sites excluding steroid dienone is 1. The molecule has 0 bridgehead atoms. The van der Waals surface area contributed by atoms with Gasteiger partial charge in [0.25, 0.3) is 0 Å². The molecule has 1 aromatic heterocycles. The molecule has 0 aromatic carbocycles. The van der Waals surface area contributed by atoms with Crippen LogP contribution in [0.2, 0.25) is 0 Å². The molecule has 0 aliphatic rings. The molecule has 100 valence electrons.